The van der Waals surface area contributed by atoms with E-state index in [1.165, 1.54) is 6.07 Å². The van der Waals surface area contributed by atoms with Crippen molar-refractivity contribution in [1.29, 1.82) is 0 Å². The van der Waals surface area contributed by atoms with Crippen molar-refractivity contribution in [3.05, 3.63) is 23.3 Å². The molecule has 1 aliphatic rings. The number of aromatic hydroxyl groups is 2. The predicted molar refractivity (Wildman–Crippen MR) is 64.4 cm³/mol. The molecule has 1 aromatic carbocycles. The maximum absolute atomic E-state index is 11.0. The number of phenolic OH excluding ortho intramolecular Hbond substituents is 1. The highest BCUT2D eigenvalue weighted by molar-refractivity contribution is 5.91. The molecule has 1 aromatic rings. The van der Waals surface area contributed by atoms with E-state index in [1.807, 2.05) is 0 Å². The standard InChI is InChI=1S/C13H14O6/c14-10-5-11(15)9(13(18)19)3-8(10)7(4-12(16)17)6-1-2-6/h3,5-7,14-15H,1-2,4H2,(H,16,17)(H,18,19). The van der Waals surface area contributed by atoms with Crippen LogP contribution in [-0.4, -0.2) is 32.4 Å². The third-order valence-corrected chi connectivity index (χ3v) is 3.36. The fourth-order valence-corrected chi connectivity index (χ4v) is 2.28. The molecule has 6 nitrogen and oxygen atoms in total. The summed E-state index contributed by atoms with van der Waals surface area (Å²) >= 11 is 0. The van der Waals surface area contributed by atoms with Crippen LogP contribution in [0.15, 0.2) is 12.1 Å². The van der Waals surface area contributed by atoms with Crippen molar-refractivity contribution in [2.24, 2.45) is 5.92 Å². The number of benzene rings is 1. The number of carbonyl (C=O) groups is 2. The molecule has 4 N–H and O–H groups in total. The molecule has 1 atom stereocenters. The van der Waals surface area contributed by atoms with Gasteiger partial charge in [-0.05, 0) is 30.4 Å². The van der Waals surface area contributed by atoms with Crippen LogP contribution in [0.3, 0.4) is 0 Å². The van der Waals surface area contributed by atoms with Crippen molar-refractivity contribution >= 4 is 11.9 Å². The van der Waals surface area contributed by atoms with Crippen LogP contribution in [0.25, 0.3) is 0 Å². The van der Waals surface area contributed by atoms with Crippen LogP contribution < -0.4 is 0 Å². The highest BCUT2D eigenvalue weighted by Gasteiger charge is 2.35. The van der Waals surface area contributed by atoms with Gasteiger partial charge in [0.15, 0.2) is 0 Å². The van der Waals surface area contributed by atoms with Gasteiger partial charge < -0.3 is 20.4 Å². The Bertz CT molecular complexity index is 532. The van der Waals surface area contributed by atoms with Crippen LogP contribution in [0.2, 0.25) is 0 Å². The molecule has 1 saturated carbocycles. The van der Waals surface area contributed by atoms with Gasteiger partial charge in [-0.2, -0.15) is 0 Å². The molecule has 0 aliphatic heterocycles. The Hall–Kier alpha value is -2.24. The summed E-state index contributed by atoms with van der Waals surface area (Å²) in [6, 6.07) is 2.12. The second-order valence-electron chi connectivity index (χ2n) is 4.78. The summed E-state index contributed by atoms with van der Waals surface area (Å²) in [6.07, 6.45) is 1.56. The molecule has 2 rings (SSSR count). The van der Waals surface area contributed by atoms with Crippen LogP contribution >= 0.6 is 0 Å². The summed E-state index contributed by atoms with van der Waals surface area (Å²) in [7, 11) is 0. The van der Waals surface area contributed by atoms with E-state index in [0.717, 1.165) is 18.9 Å². The zero-order valence-corrected chi connectivity index (χ0v) is 10.0. The third kappa shape index (κ3) is 2.78. The number of aromatic carboxylic acids is 1. The summed E-state index contributed by atoms with van der Waals surface area (Å²) in [5, 5.41) is 37.1. The molecular formula is C13H14O6. The molecule has 19 heavy (non-hydrogen) atoms. The zero-order chi connectivity index (χ0) is 14.2. The van der Waals surface area contributed by atoms with E-state index in [2.05, 4.69) is 0 Å². The number of carboxylic acid groups (broad SMARTS) is 2. The average Bonchev–Trinajstić information content (AvgIpc) is 3.09. The smallest absolute Gasteiger partial charge is 0.339 e. The fourth-order valence-electron chi connectivity index (χ4n) is 2.28. The van der Waals surface area contributed by atoms with Crippen molar-refractivity contribution in [1.82, 2.24) is 0 Å². The van der Waals surface area contributed by atoms with Gasteiger partial charge in [0.05, 0.1) is 6.42 Å². The van der Waals surface area contributed by atoms with Crippen LogP contribution in [0, 0.1) is 5.92 Å². The molecular weight excluding hydrogens is 252 g/mol. The number of hydrogen-bond donors (Lipinski definition) is 4. The summed E-state index contributed by atoms with van der Waals surface area (Å²) in [5.41, 5.74) is -0.0519. The van der Waals surface area contributed by atoms with Crippen molar-refractivity contribution in [3.8, 4) is 11.5 Å². The highest BCUT2D eigenvalue weighted by Crippen LogP contribution is 2.47. The van der Waals surface area contributed by atoms with Crippen LogP contribution in [0.1, 0.15) is 41.1 Å². The number of hydrogen-bond acceptors (Lipinski definition) is 4. The molecule has 0 spiro atoms. The Balaban J connectivity index is 2.43. The minimum absolute atomic E-state index is 0.146. The monoisotopic (exact) mass is 266 g/mol. The molecule has 1 fully saturated rings. The minimum atomic E-state index is -1.32. The molecule has 1 unspecified atom stereocenters. The highest BCUT2D eigenvalue weighted by atomic mass is 16.4. The van der Waals surface area contributed by atoms with E-state index in [0.29, 0.717) is 0 Å². The van der Waals surface area contributed by atoms with Crippen molar-refractivity contribution < 1.29 is 30.0 Å². The van der Waals surface area contributed by atoms with Gasteiger partial charge in [0.25, 0.3) is 0 Å². The zero-order valence-electron chi connectivity index (χ0n) is 10.0. The van der Waals surface area contributed by atoms with Crippen LogP contribution in [0.5, 0.6) is 11.5 Å². The van der Waals surface area contributed by atoms with Crippen molar-refractivity contribution in [2.75, 3.05) is 0 Å². The third-order valence-electron chi connectivity index (χ3n) is 3.36. The molecule has 102 valence electrons. The SMILES string of the molecule is O=C(O)CC(c1cc(C(=O)O)c(O)cc1O)C1CC1. The minimum Gasteiger partial charge on any atom is -0.508 e. The molecule has 6 heteroatoms. The van der Waals surface area contributed by atoms with E-state index >= 15 is 0 Å². The maximum Gasteiger partial charge on any atom is 0.339 e. The molecule has 0 bridgehead atoms. The Labute approximate surface area is 108 Å². The number of aliphatic carboxylic acids is 1. The molecule has 0 saturated heterocycles. The Morgan fingerprint density at radius 1 is 1.16 bits per heavy atom. The normalized spacial score (nSPS) is 16.0. The summed E-state index contributed by atoms with van der Waals surface area (Å²) in [4.78, 5) is 21.8. The summed E-state index contributed by atoms with van der Waals surface area (Å²) in [6.45, 7) is 0. The van der Waals surface area contributed by atoms with E-state index in [4.69, 9.17) is 10.2 Å². The van der Waals surface area contributed by atoms with E-state index in [9.17, 15) is 19.8 Å². The number of phenols is 2. The van der Waals surface area contributed by atoms with Gasteiger partial charge in [0.1, 0.15) is 17.1 Å². The first-order valence-corrected chi connectivity index (χ1v) is 5.91. The van der Waals surface area contributed by atoms with E-state index < -0.39 is 23.6 Å². The first kappa shape index (κ1) is 13.2. The topological polar surface area (TPSA) is 115 Å². The Morgan fingerprint density at radius 2 is 1.79 bits per heavy atom. The largest absolute Gasteiger partial charge is 0.508 e. The Morgan fingerprint density at radius 3 is 2.26 bits per heavy atom. The average molecular weight is 266 g/mol. The lowest BCUT2D eigenvalue weighted by molar-refractivity contribution is -0.137. The van der Waals surface area contributed by atoms with Gasteiger partial charge in [0.2, 0.25) is 0 Å². The molecule has 0 radical (unpaired) electrons. The number of rotatable bonds is 5. The van der Waals surface area contributed by atoms with Crippen LogP contribution in [0.4, 0.5) is 0 Å². The van der Waals surface area contributed by atoms with Gasteiger partial charge in [-0.3, -0.25) is 4.79 Å². The van der Waals surface area contributed by atoms with Gasteiger partial charge in [-0.25, -0.2) is 4.79 Å². The summed E-state index contributed by atoms with van der Waals surface area (Å²) < 4.78 is 0. The van der Waals surface area contributed by atoms with Crippen molar-refractivity contribution in [2.45, 2.75) is 25.2 Å². The van der Waals surface area contributed by atoms with E-state index in [-0.39, 0.29) is 29.2 Å². The van der Waals surface area contributed by atoms with Gasteiger partial charge >= 0.3 is 11.9 Å². The van der Waals surface area contributed by atoms with Gasteiger partial charge in [-0.1, -0.05) is 0 Å². The predicted octanol–water partition coefficient (Wildman–Crippen LogP) is 1.76. The fraction of sp³-hybridized carbons (Fsp3) is 0.385. The summed E-state index contributed by atoms with van der Waals surface area (Å²) in [5.74, 6) is -3.38. The van der Waals surface area contributed by atoms with Gasteiger partial charge in [-0.15, -0.1) is 0 Å². The molecule has 0 amide bonds. The van der Waals surface area contributed by atoms with E-state index in [1.54, 1.807) is 0 Å². The molecule has 1 aliphatic carbocycles. The first-order chi connectivity index (χ1) is 8.90. The van der Waals surface area contributed by atoms with Crippen molar-refractivity contribution in [3.63, 3.8) is 0 Å². The first-order valence-electron chi connectivity index (χ1n) is 5.91. The van der Waals surface area contributed by atoms with Gasteiger partial charge in [0, 0.05) is 12.0 Å². The second kappa shape index (κ2) is 4.79. The molecule has 0 heterocycles. The number of carboxylic acids is 2. The second-order valence-corrected chi connectivity index (χ2v) is 4.78. The lowest BCUT2D eigenvalue weighted by Crippen LogP contribution is -2.10. The maximum atomic E-state index is 11.0. The lowest BCUT2D eigenvalue weighted by atomic mass is 9.89. The molecule has 0 aromatic heterocycles. The quantitative estimate of drug-likeness (QED) is 0.645. The lowest BCUT2D eigenvalue weighted by Gasteiger charge is -2.17. The van der Waals surface area contributed by atoms with Crippen LogP contribution in [-0.2, 0) is 4.79 Å². The Kier molecular flexibility index (Phi) is 3.33.